The molecule has 2 fully saturated rings. The van der Waals surface area contributed by atoms with Gasteiger partial charge in [0.15, 0.2) is 0 Å². The predicted molar refractivity (Wildman–Crippen MR) is 98.3 cm³/mol. The number of ether oxygens (including phenoxy) is 1. The monoisotopic (exact) mass is 340 g/mol. The molecule has 0 spiro atoms. The third-order valence-electron chi connectivity index (χ3n) is 5.55. The van der Waals surface area contributed by atoms with Crippen LogP contribution in [0.5, 0.6) is 0 Å². The van der Waals surface area contributed by atoms with Gasteiger partial charge in [-0.2, -0.15) is 0 Å². The molecule has 2 aromatic rings. The maximum Gasteiger partial charge on any atom is 0.0949 e. The van der Waals surface area contributed by atoms with E-state index in [4.69, 9.17) is 4.74 Å². The number of nitrogens with zero attached hydrogens (tertiary/aromatic N) is 2. The fraction of sp³-hybridized carbons (Fsp3) is 0.550. The molecule has 2 heterocycles. The van der Waals surface area contributed by atoms with E-state index in [2.05, 4.69) is 44.5 Å². The summed E-state index contributed by atoms with van der Waals surface area (Å²) < 4.78 is 7.76. The van der Waals surface area contributed by atoms with Gasteiger partial charge in [-0.3, -0.25) is 0 Å². The van der Waals surface area contributed by atoms with Gasteiger partial charge in [0.2, 0.25) is 0 Å². The molecule has 25 heavy (non-hydrogen) atoms. The van der Waals surface area contributed by atoms with E-state index in [1.807, 2.05) is 18.7 Å². The predicted octanol–water partition coefficient (Wildman–Crippen LogP) is 2.18. The first-order valence-electron chi connectivity index (χ1n) is 9.46. The summed E-state index contributed by atoms with van der Waals surface area (Å²) in [5, 5.41) is 7.44. The first-order chi connectivity index (χ1) is 12.4. The average molecular weight is 340 g/mol. The van der Waals surface area contributed by atoms with Gasteiger partial charge in [-0.25, -0.2) is 4.98 Å². The maximum atomic E-state index is 5.67. The minimum Gasteiger partial charge on any atom is -0.379 e. The summed E-state index contributed by atoms with van der Waals surface area (Å²) in [7, 11) is 0. The van der Waals surface area contributed by atoms with Crippen molar-refractivity contribution in [2.24, 2.45) is 5.92 Å². The lowest BCUT2D eigenvalue weighted by Crippen LogP contribution is -2.50. The number of hydrogen-bond acceptors (Lipinski definition) is 4. The van der Waals surface area contributed by atoms with Gasteiger partial charge in [0.1, 0.15) is 0 Å². The Morgan fingerprint density at radius 3 is 2.84 bits per heavy atom. The van der Waals surface area contributed by atoms with Crippen LogP contribution in [0.25, 0.3) is 0 Å². The summed E-state index contributed by atoms with van der Waals surface area (Å²) >= 11 is 0. The van der Waals surface area contributed by atoms with Crippen molar-refractivity contribution in [1.29, 1.82) is 0 Å². The summed E-state index contributed by atoms with van der Waals surface area (Å²) in [4.78, 5) is 4.09. The molecule has 134 valence electrons. The summed E-state index contributed by atoms with van der Waals surface area (Å²) in [6.07, 6.45) is 9.59. The molecule has 0 amide bonds. The topological polar surface area (TPSA) is 51.1 Å². The second-order valence-electron chi connectivity index (χ2n) is 7.27. The van der Waals surface area contributed by atoms with E-state index in [0.717, 1.165) is 32.8 Å². The summed E-state index contributed by atoms with van der Waals surface area (Å²) in [5.41, 5.74) is 2.66. The second-order valence-corrected chi connectivity index (χ2v) is 7.27. The van der Waals surface area contributed by atoms with Crippen LogP contribution in [0.2, 0.25) is 0 Å². The van der Waals surface area contributed by atoms with E-state index >= 15 is 0 Å². The highest BCUT2D eigenvalue weighted by Gasteiger charge is 2.34. The molecule has 1 aliphatic heterocycles. The van der Waals surface area contributed by atoms with Gasteiger partial charge in [-0.05, 0) is 29.9 Å². The van der Waals surface area contributed by atoms with Crippen molar-refractivity contribution in [1.82, 2.24) is 20.2 Å². The Hall–Kier alpha value is -1.69. The Labute approximate surface area is 149 Å². The number of aromatic nitrogens is 2. The minimum atomic E-state index is 0.520. The fourth-order valence-corrected chi connectivity index (χ4v) is 4.19. The zero-order valence-electron chi connectivity index (χ0n) is 14.7. The molecule has 4 rings (SSSR count). The highest BCUT2D eigenvalue weighted by atomic mass is 16.5. The molecule has 5 heteroatoms. The van der Waals surface area contributed by atoms with Crippen LogP contribution in [-0.4, -0.2) is 41.4 Å². The highest BCUT2D eigenvalue weighted by molar-refractivity contribution is 5.23. The molecule has 0 radical (unpaired) electrons. The SMILES string of the molecule is c1cn(Cc2ccc(CNC3CCCC3C3COCCN3)cc2)cn1. The van der Waals surface area contributed by atoms with E-state index < -0.39 is 0 Å². The number of rotatable bonds is 6. The van der Waals surface area contributed by atoms with Crippen molar-refractivity contribution in [2.45, 2.75) is 44.4 Å². The van der Waals surface area contributed by atoms with E-state index in [1.165, 1.54) is 30.4 Å². The molecule has 1 saturated carbocycles. The quantitative estimate of drug-likeness (QED) is 0.846. The van der Waals surface area contributed by atoms with Crippen LogP contribution in [-0.2, 0) is 17.8 Å². The smallest absolute Gasteiger partial charge is 0.0949 e. The van der Waals surface area contributed by atoms with E-state index in [1.54, 1.807) is 0 Å². The summed E-state index contributed by atoms with van der Waals surface area (Å²) in [6, 6.07) is 10.0. The molecule has 3 atom stereocenters. The Bertz CT molecular complexity index is 634. The minimum absolute atomic E-state index is 0.520. The van der Waals surface area contributed by atoms with Crippen LogP contribution >= 0.6 is 0 Å². The normalized spacial score (nSPS) is 26.8. The van der Waals surface area contributed by atoms with Crippen molar-refractivity contribution >= 4 is 0 Å². The lowest BCUT2D eigenvalue weighted by Gasteiger charge is -2.33. The number of nitrogens with one attached hydrogen (secondary N) is 2. The molecular weight excluding hydrogens is 312 g/mol. The number of morpholine rings is 1. The first kappa shape index (κ1) is 16.8. The van der Waals surface area contributed by atoms with Gasteiger partial charge in [0.05, 0.1) is 19.5 Å². The summed E-state index contributed by atoms with van der Waals surface area (Å²) in [6.45, 7) is 4.54. The van der Waals surface area contributed by atoms with Gasteiger partial charge >= 0.3 is 0 Å². The third-order valence-corrected chi connectivity index (χ3v) is 5.55. The molecule has 1 aromatic carbocycles. The van der Waals surface area contributed by atoms with Gasteiger partial charge in [-0.15, -0.1) is 0 Å². The molecule has 2 N–H and O–H groups in total. The largest absolute Gasteiger partial charge is 0.379 e. The molecule has 2 aliphatic rings. The molecule has 3 unspecified atom stereocenters. The van der Waals surface area contributed by atoms with Gasteiger partial charge in [0, 0.05) is 44.1 Å². The third kappa shape index (κ3) is 4.29. The van der Waals surface area contributed by atoms with Gasteiger partial charge < -0.3 is 19.9 Å². The Balaban J connectivity index is 1.30. The van der Waals surface area contributed by atoms with Crippen molar-refractivity contribution in [3.8, 4) is 0 Å². The van der Waals surface area contributed by atoms with Crippen LogP contribution in [0.15, 0.2) is 43.0 Å². The number of hydrogen-bond donors (Lipinski definition) is 2. The molecular formula is C20H28N4O. The highest BCUT2D eigenvalue weighted by Crippen LogP contribution is 2.29. The van der Waals surface area contributed by atoms with Crippen molar-refractivity contribution in [2.75, 3.05) is 19.8 Å². The molecule has 1 aliphatic carbocycles. The van der Waals surface area contributed by atoms with Crippen LogP contribution in [0, 0.1) is 5.92 Å². The van der Waals surface area contributed by atoms with Crippen LogP contribution in [0.3, 0.4) is 0 Å². The fourth-order valence-electron chi connectivity index (χ4n) is 4.19. The Morgan fingerprint density at radius 2 is 2.08 bits per heavy atom. The van der Waals surface area contributed by atoms with Crippen molar-refractivity contribution in [3.05, 3.63) is 54.1 Å². The lowest BCUT2D eigenvalue weighted by molar-refractivity contribution is 0.0524. The second kappa shape index (κ2) is 8.13. The van der Waals surface area contributed by atoms with Gasteiger partial charge in [-0.1, -0.05) is 30.7 Å². The molecule has 0 bridgehead atoms. The Kier molecular flexibility index (Phi) is 5.45. The van der Waals surface area contributed by atoms with Crippen LogP contribution < -0.4 is 10.6 Å². The molecule has 1 saturated heterocycles. The van der Waals surface area contributed by atoms with E-state index in [-0.39, 0.29) is 0 Å². The molecule has 5 nitrogen and oxygen atoms in total. The van der Waals surface area contributed by atoms with Crippen LogP contribution in [0.4, 0.5) is 0 Å². The van der Waals surface area contributed by atoms with E-state index in [9.17, 15) is 0 Å². The van der Waals surface area contributed by atoms with Crippen molar-refractivity contribution < 1.29 is 4.74 Å². The Morgan fingerprint density at radius 1 is 1.20 bits per heavy atom. The summed E-state index contributed by atoms with van der Waals surface area (Å²) in [5.74, 6) is 0.695. The lowest BCUT2D eigenvalue weighted by atomic mass is 9.94. The van der Waals surface area contributed by atoms with E-state index in [0.29, 0.717) is 18.0 Å². The standard InChI is InChI=1S/C20H28N4O/c1-2-18(20-14-25-11-9-22-20)19(3-1)23-12-16-4-6-17(7-5-16)13-24-10-8-21-15-24/h4-8,10,15,18-20,22-23H,1-3,9,11-14H2. The van der Waals surface area contributed by atoms with Crippen LogP contribution in [0.1, 0.15) is 30.4 Å². The first-order valence-corrected chi connectivity index (χ1v) is 9.46. The zero-order chi connectivity index (χ0) is 16.9. The maximum absolute atomic E-state index is 5.67. The van der Waals surface area contributed by atoms with Crippen molar-refractivity contribution in [3.63, 3.8) is 0 Å². The number of benzene rings is 1. The number of imidazole rings is 1. The average Bonchev–Trinajstić information content (AvgIpc) is 3.33. The zero-order valence-corrected chi connectivity index (χ0v) is 14.7. The van der Waals surface area contributed by atoms with Gasteiger partial charge in [0.25, 0.3) is 0 Å². The molecule has 1 aromatic heterocycles.